The summed E-state index contributed by atoms with van der Waals surface area (Å²) < 4.78 is 12.1. The summed E-state index contributed by atoms with van der Waals surface area (Å²) in [5, 5.41) is 25.5. The lowest BCUT2D eigenvalue weighted by molar-refractivity contribution is -0.175. The Kier molecular flexibility index (Phi) is 13.9. The number of likely N-dealkylation sites (N-methyl/N-ethyl adjacent to an activating group) is 1. The zero-order valence-corrected chi connectivity index (χ0v) is 26.2. The van der Waals surface area contributed by atoms with Gasteiger partial charge in [0.1, 0.15) is 6.61 Å². The van der Waals surface area contributed by atoms with Crippen molar-refractivity contribution in [2.45, 2.75) is 71.0 Å². The number of hydrogen-bond donors (Lipinski definition) is 3. The predicted octanol–water partition coefficient (Wildman–Crippen LogP) is 5.91. The number of hydrogen-bond acceptors (Lipinski definition) is 7. The summed E-state index contributed by atoms with van der Waals surface area (Å²) in [4.78, 5) is 37.7. The number of carboxylic acid groups (broad SMARTS) is 2. The number of anilines is 1. The van der Waals surface area contributed by atoms with Gasteiger partial charge in [-0.1, -0.05) is 30.7 Å². The molecule has 2 unspecified atom stereocenters. The van der Waals surface area contributed by atoms with E-state index in [4.69, 9.17) is 14.6 Å². The second-order valence-corrected chi connectivity index (χ2v) is 11.9. The molecule has 0 spiro atoms. The van der Waals surface area contributed by atoms with Gasteiger partial charge in [-0.2, -0.15) is 0 Å². The first-order chi connectivity index (χ1) is 20.7. The van der Waals surface area contributed by atoms with Crippen molar-refractivity contribution in [2.24, 2.45) is 0 Å². The highest BCUT2D eigenvalue weighted by molar-refractivity contribution is 7.17. The van der Waals surface area contributed by atoms with Crippen LogP contribution in [0.4, 0.5) is 5.69 Å². The Balaban J connectivity index is 1.44. The molecule has 10 heteroatoms. The number of ether oxygens (including phenoxy) is 2. The van der Waals surface area contributed by atoms with Crippen LogP contribution in [0.15, 0.2) is 47.8 Å². The molecule has 234 valence electrons. The van der Waals surface area contributed by atoms with Gasteiger partial charge in [0.15, 0.2) is 12.2 Å². The zero-order valence-electron chi connectivity index (χ0n) is 25.3. The van der Waals surface area contributed by atoms with Gasteiger partial charge in [0.2, 0.25) is 0 Å². The third kappa shape index (κ3) is 11.3. The molecule has 0 bridgehead atoms. The van der Waals surface area contributed by atoms with E-state index in [1.165, 1.54) is 31.7 Å². The second-order valence-electron chi connectivity index (χ2n) is 10.9. The van der Waals surface area contributed by atoms with Crippen molar-refractivity contribution in [3.8, 4) is 0 Å². The lowest BCUT2D eigenvalue weighted by Crippen LogP contribution is -2.50. The molecule has 3 N–H and O–H groups in total. The molecule has 0 saturated heterocycles. The molecule has 2 aromatic carbocycles. The van der Waals surface area contributed by atoms with Crippen LogP contribution in [0.2, 0.25) is 0 Å². The summed E-state index contributed by atoms with van der Waals surface area (Å²) in [5.41, 5.74) is 4.86. The molecule has 43 heavy (non-hydrogen) atoms. The number of unbranched alkanes of at least 4 members (excludes halogenated alkanes) is 4. The predicted molar refractivity (Wildman–Crippen MR) is 170 cm³/mol. The van der Waals surface area contributed by atoms with E-state index in [1.807, 2.05) is 0 Å². The van der Waals surface area contributed by atoms with E-state index in [1.54, 1.807) is 18.4 Å². The third-order valence-electron chi connectivity index (χ3n) is 7.46. The molecule has 0 aliphatic rings. The minimum Gasteiger partial charge on any atom is -0.480 e. The summed E-state index contributed by atoms with van der Waals surface area (Å²) in [6, 6.07) is 14.8. The van der Waals surface area contributed by atoms with E-state index in [9.17, 15) is 19.5 Å². The van der Waals surface area contributed by atoms with E-state index in [-0.39, 0.29) is 6.61 Å². The molecule has 0 aliphatic carbocycles. The second kappa shape index (κ2) is 17.6. The zero-order chi connectivity index (χ0) is 31.2. The van der Waals surface area contributed by atoms with Crippen molar-refractivity contribution < 1.29 is 34.1 Å². The number of rotatable bonds is 20. The van der Waals surface area contributed by atoms with Crippen LogP contribution in [-0.4, -0.2) is 78.5 Å². The Morgan fingerprint density at radius 2 is 1.67 bits per heavy atom. The molecular formula is C33H44N2O7S. The normalized spacial score (nSPS) is 12.6. The molecule has 2 atom stereocenters. The maximum atomic E-state index is 13.3. The Labute approximate surface area is 257 Å². The van der Waals surface area contributed by atoms with Gasteiger partial charge in [-0.3, -0.25) is 4.79 Å². The third-order valence-corrected chi connectivity index (χ3v) is 8.34. The highest BCUT2D eigenvalue weighted by Gasteiger charge is 2.37. The van der Waals surface area contributed by atoms with Crippen LogP contribution in [0.3, 0.4) is 0 Å². The quantitative estimate of drug-likeness (QED) is 0.135. The number of fused-ring (bicyclic) bond motifs is 1. The standard InChI is InChI=1S/C33H44N2O7S/c1-23-11-12-25(20-24(23)2)10-6-4-9-18-41-30(31(33(39)40)42-22-29(36)37)32(38)35(3)17-8-5-7-16-34-27-14-13-26-15-19-43-28(26)21-27/h11-15,19-21,30-31,34H,4-10,16-18,22H2,1-3H3,(H,36,37)(H,39,40). The van der Waals surface area contributed by atoms with Gasteiger partial charge < -0.3 is 29.9 Å². The molecule has 9 nitrogen and oxygen atoms in total. The number of aliphatic carboxylic acids is 2. The lowest BCUT2D eigenvalue weighted by atomic mass is 10.0. The maximum Gasteiger partial charge on any atom is 0.336 e. The molecule has 0 fully saturated rings. The molecule has 0 radical (unpaired) electrons. The van der Waals surface area contributed by atoms with Crippen molar-refractivity contribution in [2.75, 3.05) is 38.7 Å². The van der Waals surface area contributed by atoms with E-state index in [0.717, 1.165) is 50.8 Å². The molecule has 1 amide bonds. The molecule has 0 saturated carbocycles. The first-order valence-corrected chi connectivity index (χ1v) is 15.7. The van der Waals surface area contributed by atoms with Crippen LogP contribution in [-0.2, 0) is 30.3 Å². The fourth-order valence-electron chi connectivity index (χ4n) is 4.79. The average Bonchev–Trinajstić information content (AvgIpc) is 3.44. The summed E-state index contributed by atoms with van der Waals surface area (Å²) in [6.45, 7) is 4.73. The Bertz CT molecular complexity index is 1340. The van der Waals surface area contributed by atoms with E-state index in [0.29, 0.717) is 13.0 Å². The van der Waals surface area contributed by atoms with Gasteiger partial charge in [0, 0.05) is 37.1 Å². The molecule has 1 heterocycles. The van der Waals surface area contributed by atoms with Gasteiger partial charge in [0.25, 0.3) is 5.91 Å². The van der Waals surface area contributed by atoms with Crippen molar-refractivity contribution >= 4 is 45.0 Å². The van der Waals surface area contributed by atoms with Crippen molar-refractivity contribution in [3.63, 3.8) is 0 Å². The summed E-state index contributed by atoms with van der Waals surface area (Å²) >= 11 is 1.71. The number of nitrogens with one attached hydrogen (secondary N) is 1. The minimum absolute atomic E-state index is 0.167. The van der Waals surface area contributed by atoms with Crippen molar-refractivity contribution in [1.82, 2.24) is 4.90 Å². The van der Waals surface area contributed by atoms with E-state index < -0.39 is 36.7 Å². The Morgan fingerprint density at radius 1 is 0.884 bits per heavy atom. The Morgan fingerprint density at radius 3 is 2.42 bits per heavy atom. The number of carbonyl (C=O) groups excluding carboxylic acids is 1. The number of benzene rings is 2. The van der Waals surface area contributed by atoms with Crippen LogP contribution in [0.1, 0.15) is 55.2 Å². The van der Waals surface area contributed by atoms with Crippen LogP contribution in [0, 0.1) is 13.8 Å². The fraction of sp³-hybridized carbons (Fsp3) is 0.485. The largest absolute Gasteiger partial charge is 0.480 e. The SMILES string of the molecule is Cc1ccc(CCCCCOC(C(=O)N(C)CCCCCNc2ccc3ccsc3c2)C(OCC(=O)O)C(=O)O)cc1C. The van der Waals surface area contributed by atoms with Gasteiger partial charge in [-0.15, -0.1) is 11.3 Å². The van der Waals surface area contributed by atoms with Crippen LogP contribution >= 0.6 is 11.3 Å². The average molecular weight is 613 g/mol. The van der Waals surface area contributed by atoms with Gasteiger partial charge in [0.05, 0.1) is 0 Å². The van der Waals surface area contributed by atoms with Crippen LogP contribution in [0.5, 0.6) is 0 Å². The summed E-state index contributed by atoms with van der Waals surface area (Å²) in [6.07, 6.45) is 2.68. The lowest BCUT2D eigenvalue weighted by Gasteiger charge is -2.27. The molecule has 0 aliphatic heterocycles. The van der Waals surface area contributed by atoms with Gasteiger partial charge >= 0.3 is 11.9 Å². The fourth-order valence-corrected chi connectivity index (χ4v) is 5.62. The summed E-state index contributed by atoms with van der Waals surface area (Å²) in [7, 11) is 1.60. The first-order valence-electron chi connectivity index (χ1n) is 14.9. The number of carbonyl (C=O) groups is 3. The smallest absolute Gasteiger partial charge is 0.336 e. The van der Waals surface area contributed by atoms with E-state index in [2.05, 4.69) is 67.0 Å². The number of thiophene rings is 1. The molecule has 3 rings (SSSR count). The number of amides is 1. The minimum atomic E-state index is -1.72. The van der Waals surface area contributed by atoms with Crippen molar-refractivity contribution in [1.29, 1.82) is 0 Å². The van der Waals surface area contributed by atoms with Gasteiger partial charge in [-0.25, -0.2) is 9.59 Å². The monoisotopic (exact) mass is 612 g/mol. The number of nitrogens with zero attached hydrogens (tertiary/aromatic N) is 1. The summed E-state index contributed by atoms with van der Waals surface area (Å²) in [5.74, 6) is -3.29. The molecular weight excluding hydrogens is 568 g/mol. The first kappa shape index (κ1) is 34.0. The Hall–Kier alpha value is -3.47. The van der Waals surface area contributed by atoms with E-state index >= 15 is 0 Å². The van der Waals surface area contributed by atoms with Crippen molar-refractivity contribution in [3.05, 3.63) is 64.5 Å². The van der Waals surface area contributed by atoms with Crippen LogP contribution in [0.25, 0.3) is 10.1 Å². The molecule has 1 aromatic heterocycles. The highest BCUT2D eigenvalue weighted by atomic mass is 32.1. The number of carboxylic acids is 2. The number of aryl methyl sites for hydroxylation is 3. The highest BCUT2D eigenvalue weighted by Crippen LogP contribution is 2.24. The van der Waals surface area contributed by atoms with Gasteiger partial charge in [-0.05, 0) is 98.0 Å². The molecule has 3 aromatic rings. The topological polar surface area (TPSA) is 125 Å². The van der Waals surface area contributed by atoms with Crippen LogP contribution < -0.4 is 5.32 Å². The maximum absolute atomic E-state index is 13.3.